The van der Waals surface area contributed by atoms with E-state index in [0.29, 0.717) is 0 Å². The van der Waals surface area contributed by atoms with Crippen molar-refractivity contribution in [1.82, 2.24) is 4.98 Å². The first-order chi connectivity index (χ1) is 11.2. The lowest BCUT2D eigenvalue weighted by atomic mass is 10.1. The molecule has 3 aromatic rings. The molecule has 0 bridgehead atoms. The number of methoxy groups -OCH3 is 1. The molecule has 0 radical (unpaired) electrons. The van der Waals surface area contributed by atoms with Crippen LogP contribution in [0.15, 0.2) is 54.7 Å². The summed E-state index contributed by atoms with van der Waals surface area (Å²) in [6.45, 7) is 1.49. The standard InChI is InChI=1S/C18H17N3O2/c1-12(22)20-13-3-5-14(6-4-13)21-18-9-10-19-17-8-7-15(23-2)11-16(17)18/h3-11H,1-2H3,(H,19,21)(H,20,22). The number of pyridine rings is 1. The van der Waals surface area contributed by atoms with Crippen molar-refractivity contribution in [3.63, 3.8) is 0 Å². The molecule has 0 saturated carbocycles. The normalized spacial score (nSPS) is 10.3. The number of carbonyl (C=O) groups is 1. The van der Waals surface area contributed by atoms with Gasteiger partial charge in [-0.1, -0.05) is 0 Å². The summed E-state index contributed by atoms with van der Waals surface area (Å²) in [6.07, 6.45) is 1.77. The van der Waals surface area contributed by atoms with Crippen molar-refractivity contribution in [3.05, 3.63) is 54.7 Å². The van der Waals surface area contributed by atoms with Gasteiger partial charge in [0.1, 0.15) is 5.75 Å². The zero-order chi connectivity index (χ0) is 16.2. The van der Waals surface area contributed by atoms with Crippen LogP contribution in [0.2, 0.25) is 0 Å². The molecule has 0 aliphatic carbocycles. The van der Waals surface area contributed by atoms with Crippen LogP contribution >= 0.6 is 0 Å². The second-order valence-electron chi connectivity index (χ2n) is 5.13. The number of carbonyl (C=O) groups excluding carboxylic acids is 1. The van der Waals surface area contributed by atoms with Crippen molar-refractivity contribution < 1.29 is 9.53 Å². The highest BCUT2D eigenvalue weighted by Crippen LogP contribution is 2.28. The SMILES string of the molecule is COc1ccc2nccc(Nc3ccc(NC(C)=O)cc3)c2c1. The second-order valence-corrected chi connectivity index (χ2v) is 5.13. The summed E-state index contributed by atoms with van der Waals surface area (Å²) >= 11 is 0. The van der Waals surface area contributed by atoms with Crippen LogP contribution in [0.3, 0.4) is 0 Å². The van der Waals surface area contributed by atoms with Gasteiger partial charge in [-0.05, 0) is 48.5 Å². The lowest BCUT2D eigenvalue weighted by Gasteiger charge is -2.11. The maximum absolute atomic E-state index is 11.1. The number of amides is 1. The predicted molar refractivity (Wildman–Crippen MR) is 92.3 cm³/mol. The first-order valence-corrected chi connectivity index (χ1v) is 7.23. The van der Waals surface area contributed by atoms with Crippen LogP contribution < -0.4 is 15.4 Å². The Hall–Kier alpha value is -3.08. The van der Waals surface area contributed by atoms with Crippen LogP contribution in [0.25, 0.3) is 10.9 Å². The van der Waals surface area contributed by atoms with Crippen LogP contribution in [0.4, 0.5) is 17.1 Å². The van der Waals surface area contributed by atoms with E-state index in [4.69, 9.17) is 4.74 Å². The number of ether oxygens (including phenoxy) is 1. The molecule has 0 fully saturated rings. The fourth-order valence-electron chi connectivity index (χ4n) is 2.36. The second kappa shape index (κ2) is 6.36. The molecule has 5 heteroatoms. The summed E-state index contributed by atoms with van der Waals surface area (Å²) < 4.78 is 5.28. The molecule has 0 atom stereocenters. The van der Waals surface area contributed by atoms with Gasteiger partial charge in [0.2, 0.25) is 5.91 Å². The molecule has 0 unspecified atom stereocenters. The number of nitrogens with zero attached hydrogens (tertiary/aromatic N) is 1. The fraction of sp³-hybridized carbons (Fsp3) is 0.111. The van der Waals surface area contributed by atoms with Gasteiger partial charge in [0.25, 0.3) is 0 Å². The van der Waals surface area contributed by atoms with Gasteiger partial charge in [0.05, 0.1) is 12.6 Å². The molecule has 0 saturated heterocycles. The zero-order valence-corrected chi connectivity index (χ0v) is 13.0. The van der Waals surface area contributed by atoms with E-state index in [9.17, 15) is 4.79 Å². The zero-order valence-electron chi connectivity index (χ0n) is 13.0. The highest BCUT2D eigenvalue weighted by Gasteiger charge is 2.04. The average Bonchev–Trinajstić information content (AvgIpc) is 2.56. The number of rotatable bonds is 4. The fourth-order valence-corrected chi connectivity index (χ4v) is 2.36. The molecule has 5 nitrogen and oxygen atoms in total. The van der Waals surface area contributed by atoms with Crippen LogP contribution in [0.5, 0.6) is 5.75 Å². The Balaban J connectivity index is 1.90. The monoisotopic (exact) mass is 307 g/mol. The molecule has 2 N–H and O–H groups in total. The Kier molecular flexibility index (Phi) is 4.10. The van der Waals surface area contributed by atoms with Crippen LogP contribution in [0.1, 0.15) is 6.92 Å². The average molecular weight is 307 g/mol. The predicted octanol–water partition coefficient (Wildman–Crippen LogP) is 3.95. The van der Waals surface area contributed by atoms with E-state index in [0.717, 1.165) is 33.7 Å². The van der Waals surface area contributed by atoms with E-state index < -0.39 is 0 Å². The van der Waals surface area contributed by atoms with Gasteiger partial charge < -0.3 is 15.4 Å². The molecule has 3 rings (SSSR count). The number of hydrogen-bond donors (Lipinski definition) is 2. The maximum Gasteiger partial charge on any atom is 0.221 e. The van der Waals surface area contributed by atoms with E-state index in [1.54, 1.807) is 13.3 Å². The van der Waals surface area contributed by atoms with Crippen LogP contribution in [-0.2, 0) is 4.79 Å². The van der Waals surface area contributed by atoms with Crippen molar-refractivity contribution in [2.75, 3.05) is 17.7 Å². The van der Waals surface area contributed by atoms with Gasteiger partial charge in [-0.3, -0.25) is 9.78 Å². The molecular weight excluding hydrogens is 290 g/mol. The van der Waals surface area contributed by atoms with Gasteiger partial charge in [-0.25, -0.2) is 0 Å². The minimum atomic E-state index is -0.0852. The largest absolute Gasteiger partial charge is 0.497 e. The molecule has 0 aliphatic heterocycles. The maximum atomic E-state index is 11.1. The highest BCUT2D eigenvalue weighted by atomic mass is 16.5. The summed E-state index contributed by atoms with van der Waals surface area (Å²) in [5.74, 6) is 0.701. The number of aromatic nitrogens is 1. The third kappa shape index (κ3) is 3.40. The topological polar surface area (TPSA) is 63.2 Å². The number of fused-ring (bicyclic) bond motifs is 1. The molecule has 0 spiro atoms. The van der Waals surface area contributed by atoms with Crippen molar-refractivity contribution in [2.24, 2.45) is 0 Å². The Bertz CT molecular complexity index is 845. The minimum Gasteiger partial charge on any atom is -0.497 e. The van der Waals surface area contributed by atoms with E-state index in [1.807, 2.05) is 48.5 Å². The van der Waals surface area contributed by atoms with Crippen molar-refractivity contribution in [1.29, 1.82) is 0 Å². The van der Waals surface area contributed by atoms with Gasteiger partial charge in [0.15, 0.2) is 0 Å². The minimum absolute atomic E-state index is 0.0852. The molecule has 0 aliphatic rings. The molecule has 116 valence electrons. The van der Waals surface area contributed by atoms with Crippen molar-refractivity contribution >= 4 is 33.9 Å². The Morgan fingerprint density at radius 3 is 2.48 bits per heavy atom. The van der Waals surface area contributed by atoms with Crippen molar-refractivity contribution in [2.45, 2.75) is 6.92 Å². The summed E-state index contributed by atoms with van der Waals surface area (Å²) in [4.78, 5) is 15.4. The smallest absolute Gasteiger partial charge is 0.221 e. The third-order valence-electron chi connectivity index (χ3n) is 3.43. The summed E-state index contributed by atoms with van der Waals surface area (Å²) in [7, 11) is 1.64. The first-order valence-electron chi connectivity index (χ1n) is 7.23. The molecule has 2 aromatic carbocycles. The molecular formula is C18H17N3O2. The van der Waals surface area contributed by atoms with E-state index in [1.165, 1.54) is 6.92 Å². The summed E-state index contributed by atoms with van der Waals surface area (Å²) in [5, 5.41) is 7.10. The van der Waals surface area contributed by atoms with Crippen LogP contribution in [0, 0.1) is 0 Å². The molecule has 23 heavy (non-hydrogen) atoms. The van der Waals surface area contributed by atoms with Crippen LogP contribution in [-0.4, -0.2) is 18.0 Å². The van der Waals surface area contributed by atoms with Gasteiger partial charge >= 0.3 is 0 Å². The lowest BCUT2D eigenvalue weighted by molar-refractivity contribution is -0.114. The Labute approximate surface area is 134 Å². The van der Waals surface area contributed by atoms with E-state index in [-0.39, 0.29) is 5.91 Å². The summed E-state index contributed by atoms with van der Waals surface area (Å²) in [6, 6.07) is 15.2. The van der Waals surface area contributed by atoms with Crippen molar-refractivity contribution in [3.8, 4) is 5.75 Å². The molecule has 1 amide bonds. The first kappa shape index (κ1) is 14.8. The summed E-state index contributed by atoms with van der Waals surface area (Å²) in [5.41, 5.74) is 3.53. The number of benzene rings is 2. The highest BCUT2D eigenvalue weighted by molar-refractivity contribution is 5.94. The number of hydrogen-bond acceptors (Lipinski definition) is 4. The van der Waals surface area contributed by atoms with E-state index in [2.05, 4.69) is 15.6 Å². The lowest BCUT2D eigenvalue weighted by Crippen LogP contribution is -2.05. The van der Waals surface area contributed by atoms with Gasteiger partial charge in [-0.2, -0.15) is 0 Å². The number of anilines is 3. The quantitative estimate of drug-likeness (QED) is 0.766. The number of nitrogens with one attached hydrogen (secondary N) is 2. The third-order valence-corrected chi connectivity index (χ3v) is 3.43. The Morgan fingerprint density at radius 1 is 1.04 bits per heavy atom. The Morgan fingerprint density at radius 2 is 1.78 bits per heavy atom. The molecule has 1 heterocycles. The molecule has 1 aromatic heterocycles. The van der Waals surface area contributed by atoms with Gasteiger partial charge in [-0.15, -0.1) is 0 Å². The van der Waals surface area contributed by atoms with Gasteiger partial charge in [0, 0.05) is 35.6 Å². The van der Waals surface area contributed by atoms with E-state index >= 15 is 0 Å².